The second kappa shape index (κ2) is 4.96. The van der Waals surface area contributed by atoms with Crippen molar-refractivity contribution < 1.29 is 14.0 Å². The number of carbonyl (C=O) groups is 2. The number of nitrogens with zero attached hydrogens (tertiary/aromatic N) is 2. The summed E-state index contributed by atoms with van der Waals surface area (Å²) in [6, 6.07) is 3.02. The SMILES string of the molecule is CC(C)C1C(=O)N2CCCC2C(=O)N1Cc1ccco1. The highest BCUT2D eigenvalue weighted by atomic mass is 16.3. The van der Waals surface area contributed by atoms with Gasteiger partial charge in [-0.15, -0.1) is 0 Å². The smallest absolute Gasteiger partial charge is 0.246 e. The van der Waals surface area contributed by atoms with Crippen molar-refractivity contribution in [3.8, 4) is 0 Å². The number of furan rings is 1. The van der Waals surface area contributed by atoms with Gasteiger partial charge in [0.05, 0.1) is 12.8 Å². The van der Waals surface area contributed by atoms with Crippen molar-refractivity contribution in [2.75, 3.05) is 6.54 Å². The Morgan fingerprint density at radius 3 is 2.80 bits per heavy atom. The Labute approximate surface area is 118 Å². The minimum atomic E-state index is -0.373. The van der Waals surface area contributed by atoms with Gasteiger partial charge in [0.15, 0.2) is 0 Å². The zero-order chi connectivity index (χ0) is 14.3. The van der Waals surface area contributed by atoms with E-state index in [4.69, 9.17) is 4.42 Å². The number of fused-ring (bicyclic) bond motifs is 1. The minimum Gasteiger partial charge on any atom is -0.467 e. The summed E-state index contributed by atoms with van der Waals surface area (Å²) in [5.74, 6) is 0.983. The van der Waals surface area contributed by atoms with Crippen molar-refractivity contribution in [3.63, 3.8) is 0 Å². The lowest BCUT2D eigenvalue weighted by Crippen LogP contribution is -2.63. The molecule has 2 atom stereocenters. The van der Waals surface area contributed by atoms with Crippen molar-refractivity contribution in [3.05, 3.63) is 24.2 Å². The van der Waals surface area contributed by atoms with Gasteiger partial charge in [-0.05, 0) is 30.9 Å². The van der Waals surface area contributed by atoms with E-state index >= 15 is 0 Å². The Bertz CT molecular complexity index is 509. The molecule has 0 radical (unpaired) electrons. The average Bonchev–Trinajstić information content (AvgIpc) is 3.06. The van der Waals surface area contributed by atoms with Crippen molar-refractivity contribution >= 4 is 11.8 Å². The van der Waals surface area contributed by atoms with Gasteiger partial charge in [0, 0.05) is 6.54 Å². The maximum atomic E-state index is 12.7. The van der Waals surface area contributed by atoms with Gasteiger partial charge in [-0.1, -0.05) is 13.8 Å². The average molecular weight is 276 g/mol. The summed E-state index contributed by atoms with van der Waals surface area (Å²) >= 11 is 0. The molecule has 3 rings (SSSR count). The zero-order valence-corrected chi connectivity index (χ0v) is 11.9. The summed E-state index contributed by atoms with van der Waals surface area (Å²) in [7, 11) is 0. The van der Waals surface area contributed by atoms with Crippen LogP contribution in [0.25, 0.3) is 0 Å². The Hall–Kier alpha value is -1.78. The third-order valence-electron chi connectivity index (χ3n) is 4.23. The second-order valence-corrected chi connectivity index (χ2v) is 5.92. The molecule has 2 fully saturated rings. The van der Waals surface area contributed by atoms with Crippen LogP contribution in [-0.4, -0.2) is 40.2 Å². The van der Waals surface area contributed by atoms with E-state index in [2.05, 4.69) is 0 Å². The third kappa shape index (κ3) is 2.01. The van der Waals surface area contributed by atoms with Crippen LogP contribution in [0, 0.1) is 5.92 Å². The highest BCUT2D eigenvalue weighted by Gasteiger charge is 2.48. The standard InChI is InChI=1S/C15H20N2O3/c1-10(2)13-15(19)16-7-3-6-12(16)14(18)17(13)9-11-5-4-8-20-11/h4-5,8,10,12-13H,3,6-7,9H2,1-2H3. The van der Waals surface area contributed by atoms with Crippen LogP contribution in [0.4, 0.5) is 0 Å². The molecule has 0 N–H and O–H groups in total. The monoisotopic (exact) mass is 276 g/mol. The Morgan fingerprint density at radius 1 is 1.35 bits per heavy atom. The summed E-state index contributed by atoms with van der Waals surface area (Å²) in [5, 5.41) is 0. The van der Waals surface area contributed by atoms with Gasteiger partial charge in [0.1, 0.15) is 17.8 Å². The van der Waals surface area contributed by atoms with E-state index in [-0.39, 0.29) is 29.8 Å². The molecule has 0 aromatic carbocycles. The molecule has 108 valence electrons. The van der Waals surface area contributed by atoms with E-state index < -0.39 is 0 Å². The number of amides is 2. The predicted molar refractivity (Wildman–Crippen MR) is 72.6 cm³/mol. The summed E-state index contributed by atoms with van der Waals surface area (Å²) < 4.78 is 5.34. The predicted octanol–water partition coefficient (Wildman–Crippen LogP) is 1.64. The number of rotatable bonds is 3. The Kier molecular flexibility index (Phi) is 3.28. The summed E-state index contributed by atoms with van der Waals surface area (Å²) in [6.45, 7) is 5.07. The lowest BCUT2D eigenvalue weighted by atomic mass is 9.96. The number of hydrogen-bond acceptors (Lipinski definition) is 3. The van der Waals surface area contributed by atoms with Crippen molar-refractivity contribution in [2.24, 2.45) is 5.92 Å². The minimum absolute atomic E-state index is 0.0669. The van der Waals surface area contributed by atoms with Crippen molar-refractivity contribution in [1.82, 2.24) is 9.80 Å². The van der Waals surface area contributed by atoms with E-state index in [0.717, 1.165) is 18.6 Å². The lowest BCUT2D eigenvalue weighted by molar-refractivity contribution is -0.162. The summed E-state index contributed by atoms with van der Waals surface area (Å²) in [6.07, 6.45) is 3.30. The van der Waals surface area contributed by atoms with Crippen LogP contribution >= 0.6 is 0 Å². The van der Waals surface area contributed by atoms with Crippen LogP contribution in [0.2, 0.25) is 0 Å². The van der Waals surface area contributed by atoms with Crippen LogP contribution in [0.5, 0.6) is 0 Å². The summed E-state index contributed by atoms with van der Waals surface area (Å²) in [4.78, 5) is 28.8. The zero-order valence-electron chi connectivity index (χ0n) is 11.9. The molecule has 0 aliphatic carbocycles. The van der Waals surface area contributed by atoms with E-state index in [1.165, 1.54) is 0 Å². The van der Waals surface area contributed by atoms with Crippen LogP contribution in [0.1, 0.15) is 32.4 Å². The van der Waals surface area contributed by atoms with Gasteiger partial charge in [-0.2, -0.15) is 0 Å². The fourth-order valence-electron chi connectivity index (χ4n) is 3.31. The first-order valence-electron chi connectivity index (χ1n) is 7.23. The molecule has 2 amide bonds. The fraction of sp³-hybridized carbons (Fsp3) is 0.600. The van der Waals surface area contributed by atoms with Gasteiger partial charge in [0.25, 0.3) is 0 Å². The largest absolute Gasteiger partial charge is 0.467 e. The van der Waals surface area contributed by atoms with E-state index in [9.17, 15) is 9.59 Å². The van der Waals surface area contributed by atoms with Crippen LogP contribution in [-0.2, 0) is 16.1 Å². The molecule has 0 spiro atoms. The maximum absolute atomic E-state index is 12.7. The van der Waals surface area contributed by atoms with E-state index in [1.54, 1.807) is 22.1 Å². The number of carbonyl (C=O) groups excluding carboxylic acids is 2. The van der Waals surface area contributed by atoms with Crippen LogP contribution in [0.3, 0.4) is 0 Å². The maximum Gasteiger partial charge on any atom is 0.246 e. The highest BCUT2D eigenvalue weighted by Crippen LogP contribution is 2.30. The molecule has 5 nitrogen and oxygen atoms in total. The van der Waals surface area contributed by atoms with Gasteiger partial charge < -0.3 is 14.2 Å². The molecule has 1 aromatic rings. The highest BCUT2D eigenvalue weighted by molar-refractivity contribution is 5.97. The van der Waals surface area contributed by atoms with Crippen LogP contribution < -0.4 is 0 Å². The van der Waals surface area contributed by atoms with Gasteiger partial charge in [0.2, 0.25) is 11.8 Å². The molecule has 2 aliphatic heterocycles. The molecule has 5 heteroatoms. The normalized spacial score (nSPS) is 26.6. The number of hydrogen-bond donors (Lipinski definition) is 0. The molecule has 0 saturated carbocycles. The molecular formula is C15H20N2O3. The summed E-state index contributed by atoms with van der Waals surface area (Å²) in [5.41, 5.74) is 0. The Morgan fingerprint density at radius 2 is 2.15 bits per heavy atom. The third-order valence-corrected chi connectivity index (χ3v) is 4.23. The van der Waals surface area contributed by atoms with Crippen LogP contribution in [0.15, 0.2) is 22.8 Å². The topological polar surface area (TPSA) is 53.8 Å². The number of piperazine rings is 1. The molecule has 2 aliphatic rings. The van der Waals surface area contributed by atoms with Gasteiger partial charge >= 0.3 is 0 Å². The Balaban J connectivity index is 1.91. The van der Waals surface area contributed by atoms with Crippen molar-refractivity contribution in [1.29, 1.82) is 0 Å². The first-order chi connectivity index (χ1) is 9.59. The molecular weight excluding hydrogens is 256 g/mol. The molecule has 3 heterocycles. The first-order valence-corrected chi connectivity index (χ1v) is 7.23. The quantitative estimate of drug-likeness (QED) is 0.843. The fourth-order valence-corrected chi connectivity index (χ4v) is 3.31. The molecule has 1 aromatic heterocycles. The molecule has 2 unspecified atom stereocenters. The van der Waals surface area contributed by atoms with E-state index in [1.807, 2.05) is 19.9 Å². The molecule has 20 heavy (non-hydrogen) atoms. The second-order valence-electron chi connectivity index (χ2n) is 5.92. The van der Waals surface area contributed by atoms with E-state index in [0.29, 0.717) is 13.1 Å². The van der Waals surface area contributed by atoms with Crippen molar-refractivity contribution in [2.45, 2.75) is 45.3 Å². The molecule has 2 saturated heterocycles. The molecule has 0 bridgehead atoms. The first kappa shape index (κ1) is 13.2. The van der Waals surface area contributed by atoms with Gasteiger partial charge in [-0.3, -0.25) is 9.59 Å². The van der Waals surface area contributed by atoms with Gasteiger partial charge in [-0.25, -0.2) is 0 Å². The lowest BCUT2D eigenvalue weighted by Gasteiger charge is -2.43.